The Balaban J connectivity index is 2.42. The van der Waals surface area contributed by atoms with Gasteiger partial charge in [0.2, 0.25) is 0 Å². The first-order chi connectivity index (χ1) is 4.02. The molecular formula is C6H11ClFN. The first kappa shape index (κ1) is 7.29. The maximum absolute atomic E-state index is 12.7. The summed E-state index contributed by atoms with van der Waals surface area (Å²) in [6.45, 7) is 2.35. The van der Waals surface area contributed by atoms with Crippen LogP contribution < -0.4 is 5.73 Å². The van der Waals surface area contributed by atoms with Gasteiger partial charge in [-0.05, 0) is 13.0 Å². The lowest BCUT2D eigenvalue weighted by molar-refractivity contribution is 0.323. The molecule has 2 N–H and O–H groups in total. The molecule has 1 saturated carbocycles. The Bertz CT molecular complexity index is 126. The first-order valence-electron chi connectivity index (χ1n) is 3.10. The highest BCUT2D eigenvalue weighted by atomic mass is 35.5. The van der Waals surface area contributed by atoms with Crippen LogP contribution in [0.1, 0.15) is 19.8 Å². The van der Waals surface area contributed by atoms with E-state index >= 15 is 0 Å². The van der Waals surface area contributed by atoms with Gasteiger partial charge in [-0.25, -0.2) is 4.39 Å². The highest BCUT2D eigenvalue weighted by Crippen LogP contribution is 2.63. The normalized spacial score (nSPS) is 49.3. The average molecular weight is 152 g/mol. The largest absolute Gasteiger partial charge is 0.330 e. The van der Waals surface area contributed by atoms with E-state index in [1.807, 2.05) is 6.92 Å². The Morgan fingerprint density at radius 3 is 2.33 bits per heavy atom. The molecule has 0 saturated heterocycles. The van der Waals surface area contributed by atoms with E-state index < -0.39 is 5.13 Å². The van der Waals surface area contributed by atoms with E-state index in [4.69, 9.17) is 17.3 Å². The Labute approximate surface area is 59.4 Å². The zero-order valence-corrected chi connectivity index (χ0v) is 6.21. The maximum atomic E-state index is 12.7. The van der Waals surface area contributed by atoms with Crippen LogP contribution in [-0.4, -0.2) is 11.7 Å². The lowest BCUT2D eigenvalue weighted by Gasteiger charge is -2.06. The van der Waals surface area contributed by atoms with E-state index in [0.717, 1.165) is 0 Å². The zero-order chi connectivity index (χ0) is 7.12. The van der Waals surface area contributed by atoms with Crippen LogP contribution >= 0.6 is 11.6 Å². The molecule has 3 heteroatoms. The molecular weight excluding hydrogens is 141 g/mol. The highest BCUT2D eigenvalue weighted by molar-refractivity contribution is 6.25. The molecule has 2 atom stereocenters. The second-order valence-corrected chi connectivity index (χ2v) is 3.58. The van der Waals surface area contributed by atoms with Gasteiger partial charge in [-0.2, -0.15) is 0 Å². The fourth-order valence-electron chi connectivity index (χ4n) is 1.04. The van der Waals surface area contributed by atoms with Crippen LogP contribution in [0.5, 0.6) is 0 Å². The minimum Gasteiger partial charge on any atom is -0.330 e. The lowest BCUT2D eigenvalue weighted by atomic mass is 10.1. The van der Waals surface area contributed by atoms with Crippen molar-refractivity contribution in [3.63, 3.8) is 0 Å². The molecule has 54 valence electrons. The Morgan fingerprint density at radius 2 is 2.22 bits per heavy atom. The quantitative estimate of drug-likeness (QED) is 0.597. The molecule has 0 amide bonds. The SMILES string of the molecule is C[C@]1(CCN)C[C@@]1(F)Cl. The Kier molecular flexibility index (Phi) is 1.48. The third kappa shape index (κ3) is 1.06. The highest BCUT2D eigenvalue weighted by Gasteiger charge is 2.64. The molecule has 0 radical (unpaired) electrons. The molecule has 0 spiro atoms. The summed E-state index contributed by atoms with van der Waals surface area (Å²) >= 11 is 5.40. The average Bonchev–Trinajstić information content (AvgIpc) is 2.07. The lowest BCUT2D eigenvalue weighted by Crippen LogP contribution is -2.11. The van der Waals surface area contributed by atoms with Crippen molar-refractivity contribution in [3.8, 4) is 0 Å². The van der Waals surface area contributed by atoms with Crippen molar-refractivity contribution >= 4 is 11.6 Å². The third-order valence-electron chi connectivity index (χ3n) is 2.07. The summed E-state index contributed by atoms with van der Waals surface area (Å²) in [6, 6.07) is 0. The molecule has 1 aliphatic rings. The molecule has 0 aromatic heterocycles. The van der Waals surface area contributed by atoms with Gasteiger partial charge in [-0.1, -0.05) is 18.5 Å². The molecule has 0 heterocycles. The number of halogens is 2. The van der Waals surface area contributed by atoms with Gasteiger partial charge in [0.15, 0.2) is 5.13 Å². The fourth-order valence-corrected chi connectivity index (χ4v) is 1.43. The van der Waals surface area contributed by atoms with Gasteiger partial charge in [-0.3, -0.25) is 0 Å². The predicted octanol–water partition coefficient (Wildman–Crippen LogP) is 1.65. The van der Waals surface area contributed by atoms with Gasteiger partial charge in [0.05, 0.1) is 0 Å². The summed E-state index contributed by atoms with van der Waals surface area (Å²) in [7, 11) is 0. The number of rotatable bonds is 2. The molecule has 0 bridgehead atoms. The minimum atomic E-state index is -1.45. The number of alkyl halides is 2. The van der Waals surface area contributed by atoms with Gasteiger partial charge < -0.3 is 5.73 Å². The van der Waals surface area contributed by atoms with Crippen LogP contribution in [0.4, 0.5) is 4.39 Å². The fraction of sp³-hybridized carbons (Fsp3) is 1.00. The van der Waals surface area contributed by atoms with Gasteiger partial charge in [0, 0.05) is 11.8 Å². The molecule has 0 aliphatic heterocycles. The summed E-state index contributed by atoms with van der Waals surface area (Å²) in [5.74, 6) is 0. The monoisotopic (exact) mass is 151 g/mol. The van der Waals surface area contributed by atoms with E-state index in [2.05, 4.69) is 0 Å². The zero-order valence-electron chi connectivity index (χ0n) is 5.45. The second-order valence-electron chi connectivity index (χ2n) is 2.98. The molecule has 1 nitrogen and oxygen atoms in total. The topological polar surface area (TPSA) is 26.0 Å². The van der Waals surface area contributed by atoms with Crippen molar-refractivity contribution in [2.24, 2.45) is 11.1 Å². The van der Waals surface area contributed by atoms with Crippen LogP contribution in [0.25, 0.3) is 0 Å². The van der Waals surface area contributed by atoms with Crippen molar-refractivity contribution in [2.45, 2.75) is 24.9 Å². The number of nitrogens with two attached hydrogens (primary N) is 1. The summed E-state index contributed by atoms with van der Waals surface area (Å²) in [5, 5.41) is -1.45. The molecule has 0 unspecified atom stereocenters. The van der Waals surface area contributed by atoms with E-state index in [9.17, 15) is 4.39 Å². The summed E-state index contributed by atoms with van der Waals surface area (Å²) in [4.78, 5) is 0. The summed E-state index contributed by atoms with van der Waals surface area (Å²) in [5.41, 5.74) is 4.92. The van der Waals surface area contributed by atoms with Crippen LogP contribution in [0.15, 0.2) is 0 Å². The van der Waals surface area contributed by atoms with Crippen LogP contribution in [-0.2, 0) is 0 Å². The van der Waals surface area contributed by atoms with Crippen LogP contribution in [0.3, 0.4) is 0 Å². The number of hydrogen-bond donors (Lipinski definition) is 1. The Hall–Kier alpha value is 0.180. The van der Waals surface area contributed by atoms with E-state index in [0.29, 0.717) is 19.4 Å². The molecule has 0 aromatic rings. The van der Waals surface area contributed by atoms with E-state index in [1.54, 1.807) is 0 Å². The molecule has 0 aromatic carbocycles. The molecule has 1 rings (SSSR count). The van der Waals surface area contributed by atoms with E-state index in [1.165, 1.54) is 0 Å². The smallest absolute Gasteiger partial charge is 0.189 e. The van der Waals surface area contributed by atoms with Crippen molar-refractivity contribution in [1.82, 2.24) is 0 Å². The molecule has 9 heavy (non-hydrogen) atoms. The molecule has 1 aliphatic carbocycles. The Morgan fingerprint density at radius 1 is 1.78 bits per heavy atom. The van der Waals surface area contributed by atoms with Crippen molar-refractivity contribution < 1.29 is 4.39 Å². The predicted molar refractivity (Wildman–Crippen MR) is 36.1 cm³/mol. The first-order valence-corrected chi connectivity index (χ1v) is 3.47. The van der Waals surface area contributed by atoms with E-state index in [-0.39, 0.29) is 5.41 Å². The second kappa shape index (κ2) is 1.83. The van der Waals surface area contributed by atoms with Gasteiger partial charge in [0.1, 0.15) is 0 Å². The van der Waals surface area contributed by atoms with Gasteiger partial charge in [0.25, 0.3) is 0 Å². The van der Waals surface area contributed by atoms with Crippen LogP contribution in [0, 0.1) is 5.41 Å². The maximum Gasteiger partial charge on any atom is 0.189 e. The molecule has 1 fully saturated rings. The van der Waals surface area contributed by atoms with Gasteiger partial charge >= 0.3 is 0 Å². The summed E-state index contributed by atoms with van der Waals surface area (Å²) < 4.78 is 12.7. The number of hydrogen-bond acceptors (Lipinski definition) is 1. The van der Waals surface area contributed by atoms with Crippen molar-refractivity contribution in [1.29, 1.82) is 0 Å². The standard InChI is InChI=1S/C6H11ClFN/c1-5(2-3-9)4-6(5,7)8/h2-4,9H2,1H3/t5-,6-/m0/s1. The third-order valence-corrected chi connectivity index (χ3v) is 2.66. The summed E-state index contributed by atoms with van der Waals surface area (Å²) in [6.07, 6.45) is 1.14. The van der Waals surface area contributed by atoms with Gasteiger partial charge in [-0.15, -0.1) is 0 Å². The van der Waals surface area contributed by atoms with Crippen LogP contribution in [0.2, 0.25) is 0 Å². The van der Waals surface area contributed by atoms with Crippen molar-refractivity contribution in [2.75, 3.05) is 6.54 Å². The minimum absolute atomic E-state index is 0.330. The van der Waals surface area contributed by atoms with Crippen molar-refractivity contribution in [3.05, 3.63) is 0 Å².